The number of aromatic nitrogens is 4. The summed E-state index contributed by atoms with van der Waals surface area (Å²) >= 11 is 7.35. The molecule has 0 spiro atoms. The summed E-state index contributed by atoms with van der Waals surface area (Å²) in [7, 11) is 0. The van der Waals surface area contributed by atoms with Gasteiger partial charge in [0.05, 0.1) is 17.6 Å². The maximum absolute atomic E-state index is 11.4. The molecule has 0 aliphatic heterocycles. The maximum atomic E-state index is 11.4. The number of rotatable bonds is 11. The van der Waals surface area contributed by atoms with Crippen LogP contribution >= 0.6 is 31.9 Å². The van der Waals surface area contributed by atoms with Crippen LogP contribution in [-0.4, -0.2) is 30.6 Å². The van der Waals surface area contributed by atoms with Crippen molar-refractivity contribution in [2.45, 2.75) is 31.2 Å². The molecule has 11 heteroatoms. The molecule has 0 amide bonds. The van der Waals surface area contributed by atoms with Crippen molar-refractivity contribution >= 4 is 71.0 Å². The predicted molar refractivity (Wildman–Crippen MR) is 274 cm³/mol. The van der Waals surface area contributed by atoms with Crippen molar-refractivity contribution < 1.29 is 14.6 Å². The molecule has 0 atom stereocenters. The third-order valence-electron chi connectivity index (χ3n) is 12.2. The number of fused-ring (bicyclic) bond motifs is 2. The smallest absolute Gasteiger partial charge is 0.302 e. The van der Waals surface area contributed by atoms with E-state index in [2.05, 4.69) is 141 Å². The van der Waals surface area contributed by atoms with Crippen LogP contribution in [0.3, 0.4) is 0 Å². The molecule has 332 valence electrons. The van der Waals surface area contributed by atoms with Gasteiger partial charge in [-0.3, -0.25) is 4.79 Å². The van der Waals surface area contributed by atoms with Crippen LogP contribution in [0.25, 0.3) is 21.8 Å². The van der Waals surface area contributed by atoms with Gasteiger partial charge in [0.2, 0.25) is 0 Å². The molecule has 10 aromatic rings. The summed E-state index contributed by atoms with van der Waals surface area (Å²) in [6.45, 7) is 1.37. The summed E-state index contributed by atoms with van der Waals surface area (Å²) in [6.07, 6.45) is 0. The number of nitrogens with two attached hydrogens (primary N) is 2. The third-order valence-corrected chi connectivity index (χ3v) is 13.3. The Balaban J connectivity index is 0.000000169. The topological polar surface area (TPSA) is 134 Å². The van der Waals surface area contributed by atoms with E-state index in [-0.39, 0.29) is 19.2 Å². The summed E-state index contributed by atoms with van der Waals surface area (Å²) in [4.78, 5) is 11.4. The Bertz CT molecular complexity index is 3100. The third kappa shape index (κ3) is 8.20. The van der Waals surface area contributed by atoms with E-state index in [1.54, 1.807) is 0 Å². The summed E-state index contributed by atoms with van der Waals surface area (Å²) in [5, 5.41) is 21.6. The Morgan fingerprint density at radius 2 is 0.791 bits per heavy atom. The number of nitrogens with zero attached hydrogens (tertiary/aromatic N) is 4. The zero-order chi connectivity index (χ0) is 46.5. The van der Waals surface area contributed by atoms with Gasteiger partial charge in [-0.1, -0.05) is 182 Å². The predicted octanol–water partition coefficient (Wildman–Crippen LogP) is 12.0. The number of carbonyl (C=O) groups excluding carboxylic acids is 1. The normalized spacial score (nSPS) is 11.6. The molecular formula is C56H46Br2N6O3. The lowest BCUT2D eigenvalue weighted by atomic mass is 9.77. The number of hydrogen-bond acceptors (Lipinski definition) is 7. The van der Waals surface area contributed by atoms with Gasteiger partial charge >= 0.3 is 5.97 Å². The Labute approximate surface area is 405 Å². The molecule has 10 rings (SSSR count). The molecule has 0 radical (unpaired) electrons. The molecule has 67 heavy (non-hydrogen) atoms. The number of anilines is 2. The van der Waals surface area contributed by atoms with Crippen molar-refractivity contribution in [3.05, 3.63) is 260 Å². The minimum atomic E-state index is -0.766. The number of ether oxygens (including phenoxy) is 1. The lowest BCUT2D eigenvalue weighted by Gasteiger charge is -2.37. The molecule has 0 saturated heterocycles. The van der Waals surface area contributed by atoms with E-state index in [9.17, 15) is 9.90 Å². The van der Waals surface area contributed by atoms with E-state index in [1.807, 2.05) is 106 Å². The molecule has 0 aliphatic carbocycles. The molecule has 2 heterocycles. The SMILES string of the molecule is CC(=O)OCc1cc2c(Br)nn(C(c3ccccc3)(c3ccccc3)c3ccccc3)c2cc1N.Nc1cc2c(cc1CO)c(Br)nn2C(c1ccccc1)(c1ccccc1)c1ccccc1. The van der Waals surface area contributed by atoms with Crippen LogP contribution in [0.4, 0.5) is 11.4 Å². The quantitative estimate of drug-likeness (QED) is 0.0667. The highest BCUT2D eigenvalue weighted by Crippen LogP contribution is 2.46. The van der Waals surface area contributed by atoms with Gasteiger partial charge < -0.3 is 21.3 Å². The molecule has 8 aromatic carbocycles. The van der Waals surface area contributed by atoms with Crippen LogP contribution in [0.1, 0.15) is 51.4 Å². The Kier molecular flexibility index (Phi) is 12.9. The van der Waals surface area contributed by atoms with E-state index in [1.165, 1.54) is 6.92 Å². The highest BCUT2D eigenvalue weighted by Gasteiger charge is 2.42. The summed E-state index contributed by atoms with van der Waals surface area (Å²) in [5.74, 6) is -0.351. The number of nitrogen functional groups attached to an aromatic ring is 2. The number of aliphatic hydroxyl groups is 1. The van der Waals surface area contributed by atoms with E-state index < -0.39 is 11.1 Å². The first-order valence-corrected chi connectivity index (χ1v) is 23.3. The molecule has 5 N–H and O–H groups in total. The minimum absolute atomic E-state index is 0.107. The first-order chi connectivity index (χ1) is 32.7. The Hall–Kier alpha value is -7.31. The molecule has 0 saturated carbocycles. The first-order valence-electron chi connectivity index (χ1n) is 21.7. The average Bonchev–Trinajstić information content (AvgIpc) is 3.86. The molecular weight excluding hydrogens is 964 g/mol. The number of hydrogen-bond donors (Lipinski definition) is 3. The highest BCUT2D eigenvalue weighted by molar-refractivity contribution is 9.10. The zero-order valence-electron chi connectivity index (χ0n) is 36.5. The largest absolute Gasteiger partial charge is 0.461 e. The van der Waals surface area contributed by atoms with Crippen LogP contribution in [0.15, 0.2) is 215 Å². The molecule has 0 aliphatic rings. The van der Waals surface area contributed by atoms with E-state index >= 15 is 0 Å². The van der Waals surface area contributed by atoms with E-state index in [4.69, 9.17) is 26.4 Å². The Morgan fingerprint density at radius 3 is 1.07 bits per heavy atom. The van der Waals surface area contributed by atoms with Crippen LogP contribution in [0.2, 0.25) is 0 Å². The van der Waals surface area contributed by atoms with Crippen molar-refractivity contribution in [1.29, 1.82) is 0 Å². The molecule has 0 fully saturated rings. The van der Waals surface area contributed by atoms with Gasteiger partial charge in [0.25, 0.3) is 0 Å². The number of aliphatic hydroxyl groups excluding tert-OH is 1. The fourth-order valence-electron chi connectivity index (χ4n) is 9.13. The standard InChI is InChI=1S/C29H24BrN3O2.C27H22BrN3O/c1-20(34)35-19-21-17-25-27(18-26(21)31)33(32-28(25)30)29(22-11-5-2-6-12-22,23-13-7-3-8-14-23)24-15-9-4-10-16-24;28-26-23-16-19(18-32)24(29)17-25(23)31(30-26)27(20-10-4-1-5-11-20,21-12-6-2-7-13-21)22-14-8-3-9-15-22/h2-18H,19,31H2,1H3;1-17,32H,18,29H2. The second kappa shape index (κ2) is 19.3. The van der Waals surface area contributed by atoms with Crippen LogP contribution in [0.5, 0.6) is 0 Å². The van der Waals surface area contributed by atoms with Gasteiger partial charge in [0.15, 0.2) is 0 Å². The van der Waals surface area contributed by atoms with Crippen molar-refractivity contribution in [2.75, 3.05) is 11.5 Å². The first kappa shape index (κ1) is 44.9. The van der Waals surface area contributed by atoms with Crippen LogP contribution in [0, 0.1) is 0 Å². The number of esters is 1. The van der Waals surface area contributed by atoms with Crippen molar-refractivity contribution in [3.63, 3.8) is 0 Å². The van der Waals surface area contributed by atoms with Crippen molar-refractivity contribution in [3.8, 4) is 0 Å². The van der Waals surface area contributed by atoms with Crippen LogP contribution in [-0.2, 0) is 33.8 Å². The number of benzene rings is 8. The highest BCUT2D eigenvalue weighted by atomic mass is 79.9. The summed E-state index contributed by atoms with van der Waals surface area (Å²) < 4.78 is 10.7. The van der Waals surface area contributed by atoms with Crippen molar-refractivity contribution in [2.24, 2.45) is 0 Å². The molecule has 0 bridgehead atoms. The fourth-order valence-corrected chi connectivity index (χ4v) is 10.1. The Morgan fingerprint density at radius 1 is 0.507 bits per heavy atom. The monoisotopic (exact) mass is 1010 g/mol. The van der Waals surface area contributed by atoms with Gasteiger partial charge in [-0.2, -0.15) is 10.2 Å². The van der Waals surface area contributed by atoms with Crippen LogP contribution < -0.4 is 11.5 Å². The minimum Gasteiger partial charge on any atom is -0.461 e. The molecule has 2 aromatic heterocycles. The lowest BCUT2D eigenvalue weighted by molar-refractivity contribution is -0.142. The van der Waals surface area contributed by atoms with Gasteiger partial charge in [0.1, 0.15) is 26.9 Å². The van der Waals surface area contributed by atoms with Gasteiger partial charge in [-0.15, -0.1) is 0 Å². The van der Waals surface area contributed by atoms with Crippen molar-refractivity contribution in [1.82, 2.24) is 19.6 Å². The molecule has 0 unspecified atom stereocenters. The summed E-state index contributed by atoms with van der Waals surface area (Å²) in [6, 6.07) is 69.9. The molecule has 9 nitrogen and oxygen atoms in total. The van der Waals surface area contributed by atoms with Gasteiger partial charge in [-0.05, 0) is 89.5 Å². The van der Waals surface area contributed by atoms with E-state index in [0.717, 1.165) is 60.8 Å². The second-order valence-corrected chi connectivity index (χ2v) is 17.6. The zero-order valence-corrected chi connectivity index (χ0v) is 39.7. The second-order valence-electron chi connectivity index (χ2n) is 16.1. The number of halogens is 2. The van der Waals surface area contributed by atoms with Gasteiger partial charge in [-0.25, -0.2) is 9.36 Å². The van der Waals surface area contributed by atoms with Gasteiger partial charge in [0, 0.05) is 40.2 Å². The van der Waals surface area contributed by atoms with E-state index in [0.29, 0.717) is 26.1 Å². The average molecular weight is 1010 g/mol. The summed E-state index contributed by atoms with van der Waals surface area (Å²) in [5.41, 5.74) is 22.0. The fraction of sp³-hybridized carbons (Fsp3) is 0.0893. The maximum Gasteiger partial charge on any atom is 0.302 e. The lowest BCUT2D eigenvalue weighted by Crippen LogP contribution is -2.38. The number of carbonyl (C=O) groups is 1.